The van der Waals surface area contributed by atoms with E-state index in [2.05, 4.69) is 109 Å². The first-order chi connectivity index (χ1) is 13.8. The van der Waals surface area contributed by atoms with Gasteiger partial charge in [-0.05, 0) is 55.9 Å². The van der Waals surface area contributed by atoms with Crippen LogP contribution in [0.15, 0.2) is 42.6 Å². The summed E-state index contributed by atoms with van der Waals surface area (Å²) in [6, 6.07) is 13.7. The van der Waals surface area contributed by atoms with Crippen molar-refractivity contribution in [1.82, 2.24) is 9.38 Å². The van der Waals surface area contributed by atoms with Crippen molar-refractivity contribution < 1.29 is 0 Å². The van der Waals surface area contributed by atoms with Gasteiger partial charge in [0, 0.05) is 11.6 Å². The largest absolute Gasteiger partial charge is 0.299 e. The first-order valence-electron chi connectivity index (χ1n) is 11.2. The number of nitrogens with zero attached hydrogens (tertiary/aromatic N) is 2. The maximum absolute atomic E-state index is 5.14. The van der Waals surface area contributed by atoms with Gasteiger partial charge in [0.25, 0.3) is 0 Å². The molecule has 2 aromatic heterocycles. The molecule has 0 radical (unpaired) electrons. The van der Waals surface area contributed by atoms with Gasteiger partial charge < -0.3 is 0 Å². The molecule has 0 saturated heterocycles. The lowest BCUT2D eigenvalue weighted by Gasteiger charge is -2.44. The molecule has 4 aromatic rings. The zero-order valence-electron chi connectivity index (χ0n) is 19.9. The summed E-state index contributed by atoms with van der Waals surface area (Å²) in [7, 11) is 0. The highest BCUT2D eigenvalue weighted by Crippen LogP contribution is 2.62. The molecule has 0 N–H and O–H groups in total. The highest BCUT2D eigenvalue weighted by atomic mass is 15.0. The monoisotopic (exact) mass is 398 g/mol. The van der Waals surface area contributed by atoms with Crippen LogP contribution in [0, 0.1) is 5.41 Å². The summed E-state index contributed by atoms with van der Waals surface area (Å²) in [5.41, 5.74) is 8.17. The molecule has 2 aromatic carbocycles. The summed E-state index contributed by atoms with van der Waals surface area (Å²) in [6.45, 7) is 21.3. The van der Waals surface area contributed by atoms with Crippen molar-refractivity contribution in [2.24, 2.45) is 5.41 Å². The molecule has 156 valence electrons. The highest BCUT2D eigenvalue weighted by molar-refractivity contribution is 5.99. The predicted octanol–water partition coefficient (Wildman–Crippen LogP) is 7.53. The summed E-state index contributed by atoms with van der Waals surface area (Å²) >= 11 is 0. The summed E-state index contributed by atoms with van der Waals surface area (Å²) in [6.07, 6.45) is 2.23. The molecular formula is C28H34N2. The second-order valence-corrected chi connectivity index (χ2v) is 11.9. The number of pyridine rings is 1. The Kier molecular flexibility index (Phi) is 3.57. The Bertz CT molecular complexity index is 1340. The van der Waals surface area contributed by atoms with Gasteiger partial charge in [-0.3, -0.25) is 4.40 Å². The number of fused-ring (bicyclic) bond motifs is 7. The van der Waals surface area contributed by atoms with Crippen molar-refractivity contribution in [3.8, 4) is 0 Å². The standard InChI is InChI=1S/C28H34N2/c1-25(2,3)18-10-11-19-17(16-18)14-15-30-23-21(29-24(19)30)13-12-20-22(23)27(6,7)28(8,9)26(20,4)5/h10-16H,1-9H3. The van der Waals surface area contributed by atoms with E-state index in [4.69, 9.17) is 4.98 Å². The fraction of sp³-hybridized carbons (Fsp3) is 0.464. The smallest absolute Gasteiger partial charge is 0.145 e. The molecule has 5 rings (SSSR count). The van der Waals surface area contributed by atoms with E-state index in [1.165, 1.54) is 33.0 Å². The van der Waals surface area contributed by atoms with Gasteiger partial charge in [0.15, 0.2) is 0 Å². The molecule has 2 nitrogen and oxygen atoms in total. The fourth-order valence-electron chi connectivity index (χ4n) is 5.63. The summed E-state index contributed by atoms with van der Waals surface area (Å²) < 4.78 is 2.34. The molecule has 0 spiro atoms. The van der Waals surface area contributed by atoms with Crippen LogP contribution in [-0.4, -0.2) is 9.38 Å². The molecule has 0 fully saturated rings. The number of rotatable bonds is 0. The Labute approximate surface area is 180 Å². The molecular weight excluding hydrogens is 364 g/mol. The zero-order valence-corrected chi connectivity index (χ0v) is 19.9. The second kappa shape index (κ2) is 5.46. The quantitative estimate of drug-likeness (QED) is 0.299. The van der Waals surface area contributed by atoms with Crippen molar-refractivity contribution in [2.45, 2.75) is 78.6 Å². The maximum atomic E-state index is 5.14. The van der Waals surface area contributed by atoms with Crippen LogP contribution in [0.2, 0.25) is 0 Å². The van der Waals surface area contributed by atoms with Crippen LogP contribution in [0.5, 0.6) is 0 Å². The van der Waals surface area contributed by atoms with E-state index >= 15 is 0 Å². The average molecular weight is 399 g/mol. The molecule has 0 aliphatic heterocycles. The lowest BCUT2D eigenvalue weighted by Crippen LogP contribution is -2.42. The van der Waals surface area contributed by atoms with Crippen LogP contribution in [-0.2, 0) is 16.2 Å². The lowest BCUT2D eigenvalue weighted by atomic mass is 9.59. The summed E-state index contributed by atoms with van der Waals surface area (Å²) in [4.78, 5) is 5.14. The molecule has 0 saturated carbocycles. The highest BCUT2D eigenvalue weighted by Gasteiger charge is 2.57. The van der Waals surface area contributed by atoms with Crippen LogP contribution >= 0.6 is 0 Å². The van der Waals surface area contributed by atoms with Gasteiger partial charge >= 0.3 is 0 Å². The average Bonchev–Trinajstić information content (AvgIpc) is 3.08. The molecule has 30 heavy (non-hydrogen) atoms. The van der Waals surface area contributed by atoms with Gasteiger partial charge in [-0.1, -0.05) is 86.6 Å². The number of benzene rings is 2. The van der Waals surface area contributed by atoms with Gasteiger partial charge in [-0.15, -0.1) is 0 Å². The van der Waals surface area contributed by atoms with E-state index in [9.17, 15) is 0 Å². The van der Waals surface area contributed by atoms with Crippen molar-refractivity contribution in [2.75, 3.05) is 0 Å². The van der Waals surface area contributed by atoms with Gasteiger partial charge in [-0.2, -0.15) is 0 Å². The van der Waals surface area contributed by atoms with Gasteiger partial charge in [0.05, 0.1) is 11.0 Å². The van der Waals surface area contributed by atoms with Crippen LogP contribution in [0.1, 0.15) is 79.0 Å². The molecule has 2 heterocycles. The minimum absolute atomic E-state index is 0.0480. The van der Waals surface area contributed by atoms with E-state index < -0.39 is 0 Å². The molecule has 0 amide bonds. The predicted molar refractivity (Wildman–Crippen MR) is 129 cm³/mol. The van der Waals surface area contributed by atoms with Gasteiger partial charge in [0.2, 0.25) is 0 Å². The van der Waals surface area contributed by atoms with E-state index in [1.807, 2.05) is 0 Å². The van der Waals surface area contributed by atoms with E-state index in [1.54, 1.807) is 0 Å². The van der Waals surface area contributed by atoms with Crippen molar-refractivity contribution in [1.29, 1.82) is 0 Å². The Morgan fingerprint density at radius 3 is 2.20 bits per heavy atom. The maximum Gasteiger partial charge on any atom is 0.145 e. The van der Waals surface area contributed by atoms with Gasteiger partial charge in [-0.25, -0.2) is 4.98 Å². The Morgan fingerprint density at radius 1 is 0.833 bits per heavy atom. The molecule has 2 heteroatoms. The number of aromatic nitrogens is 2. The third-order valence-corrected chi connectivity index (χ3v) is 8.84. The molecule has 0 unspecified atom stereocenters. The Morgan fingerprint density at radius 2 is 1.53 bits per heavy atom. The van der Waals surface area contributed by atoms with Crippen molar-refractivity contribution in [3.63, 3.8) is 0 Å². The fourth-order valence-corrected chi connectivity index (χ4v) is 5.63. The van der Waals surface area contributed by atoms with Gasteiger partial charge in [0.1, 0.15) is 5.65 Å². The lowest BCUT2D eigenvalue weighted by molar-refractivity contribution is 0.125. The summed E-state index contributed by atoms with van der Waals surface area (Å²) in [5, 5.41) is 2.49. The van der Waals surface area contributed by atoms with Crippen LogP contribution in [0.4, 0.5) is 0 Å². The van der Waals surface area contributed by atoms with Crippen molar-refractivity contribution in [3.05, 3.63) is 59.3 Å². The molecule has 0 bridgehead atoms. The van der Waals surface area contributed by atoms with Crippen LogP contribution in [0.3, 0.4) is 0 Å². The normalized spacial score (nSPS) is 19.6. The van der Waals surface area contributed by atoms with Crippen molar-refractivity contribution >= 4 is 27.5 Å². The second-order valence-electron chi connectivity index (χ2n) is 11.9. The minimum atomic E-state index is 0.0480. The number of imidazole rings is 1. The molecule has 1 aliphatic rings. The Hall–Kier alpha value is -2.35. The number of hydrogen-bond acceptors (Lipinski definition) is 1. The molecule has 0 atom stereocenters. The van der Waals surface area contributed by atoms with E-state index in [0.717, 1.165) is 11.2 Å². The van der Waals surface area contributed by atoms with E-state index in [0.29, 0.717) is 0 Å². The van der Waals surface area contributed by atoms with Crippen LogP contribution < -0.4 is 0 Å². The topological polar surface area (TPSA) is 17.3 Å². The molecule has 1 aliphatic carbocycles. The SMILES string of the molecule is CC(C)(C)c1ccc2c(ccn3c2nc2ccc4c(c23)C(C)(C)C(C)(C)C4(C)C)c1. The first kappa shape index (κ1) is 19.6. The number of hydrogen-bond donors (Lipinski definition) is 0. The summed E-state index contributed by atoms with van der Waals surface area (Å²) in [5.74, 6) is 0. The third kappa shape index (κ3) is 2.18. The minimum Gasteiger partial charge on any atom is -0.299 e. The van der Waals surface area contributed by atoms with E-state index in [-0.39, 0.29) is 21.7 Å². The van der Waals surface area contributed by atoms with Crippen LogP contribution in [0.25, 0.3) is 27.5 Å². The third-order valence-electron chi connectivity index (χ3n) is 8.84. The zero-order chi connectivity index (χ0) is 21.9. The Balaban J connectivity index is 1.90. The first-order valence-corrected chi connectivity index (χ1v) is 11.2.